The molecule has 1 aliphatic heterocycles. The van der Waals surface area contributed by atoms with Crippen molar-refractivity contribution in [2.24, 2.45) is 5.92 Å². The number of carboxylic acid groups (broad SMARTS) is 1. The summed E-state index contributed by atoms with van der Waals surface area (Å²) in [6.07, 6.45) is 3.13. The van der Waals surface area contributed by atoms with Crippen LogP contribution in [0.2, 0.25) is 0 Å². The van der Waals surface area contributed by atoms with E-state index in [2.05, 4.69) is 4.98 Å². The summed E-state index contributed by atoms with van der Waals surface area (Å²) in [6.45, 7) is 0.428. The van der Waals surface area contributed by atoms with Gasteiger partial charge >= 0.3 is 5.97 Å². The Morgan fingerprint density at radius 2 is 2.05 bits per heavy atom. The van der Waals surface area contributed by atoms with Crippen LogP contribution in [0.3, 0.4) is 0 Å². The molecular weight excluding hydrogens is 283 g/mol. The topological polar surface area (TPSA) is 55.1 Å². The number of aromatic nitrogens is 2. The average Bonchev–Trinajstić information content (AvgIpc) is 2.82. The van der Waals surface area contributed by atoms with Crippen LogP contribution in [0.4, 0.5) is 4.39 Å². The molecule has 1 N–H and O–H groups in total. The van der Waals surface area contributed by atoms with E-state index in [-0.39, 0.29) is 24.1 Å². The number of carboxylic acids is 1. The van der Waals surface area contributed by atoms with Gasteiger partial charge in [0, 0.05) is 24.0 Å². The van der Waals surface area contributed by atoms with Crippen LogP contribution in [0.15, 0.2) is 30.5 Å². The summed E-state index contributed by atoms with van der Waals surface area (Å²) >= 11 is 0. The van der Waals surface area contributed by atoms with Gasteiger partial charge in [0.05, 0.1) is 5.92 Å². The molecule has 0 radical (unpaired) electrons. The maximum atomic E-state index is 12.9. The first-order valence-electron chi connectivity index (χ1n) is 6.18. The van der Waals surface area contributed by atoms with Crippen molar-refractivity contribution in [3.8, 4) is 11.4 Å². The first kappa shape index (κ1) is 14.5. The Labute approximate surface area is 121 Å². The van der Waals surface area contributed by atoms with Crippen LogP contribution >= 0.6 is 12.4 Å². The van der Waals surface area contributed by atoms with Crippen molar-refractivity contribution >= 4 is 18.4 Å². The van der Waals surface area contributed by atoms with Gasteiger partial charge in [-0.2, -0.15) is 0 Å². The molecular formula is C14H14ClFN2O2. The second kappa shape index (κ2) is 5.63. The van der Waals surface area contributed by atoms with Crippen molar-refractivity contribution < 1.29 is 14.3 Å². The Bertz CT molecular complexity index is 625. The summed E-state index contributed by atoms with van der Waals surface area (Å²) in [5, 5.41) is 9.12. The first-order valence-corrected chi connectivity index (χ1v) is 6.18. The van der Waals surface area contributed by atoms with Gasteiger partial charge < -0.3 is 9.67 Å². The zero-order valence-corrected chi connectivity index (χ0v) is 11.4. The van der Waals surface area contributed by atoms with Crippen LogP contribution < -0.4 is 0 Å². The van der Waals surface area contributed by atoms with Gasteiger partial charge in [0.2, 0.25) is 0 Å². The number of nitrogens with zero attached hydrogens (tertiary/aromatic N) is 2. The Morgan fingerprint density at radius 3 is 2.70 bits per heavy atom. The van der Waals surface area contributed by atoms with Crippen LogP contribution in [0, 0.1) is 11.7 Å². The highest BCUT2D eigenvalue weighted by Crippen LogP contribution is 2.27. The van der Waals surface area contributed by atoms with Gasteiger partial charge in [-0.3, -0.25) is 4.79 Å². The number of benzene rings is 1. The van der Waals surface area contributed by atoms with Crippen LogP contribution in [-0.2, 0) is 17.8 Å². The van der Waals surface area contributed by atoms with Crippen molar-refractivity contribution in [2.75, 3.05) is 0 Å². The molecule has 1 aliphatic rings. The SMILES string of the molecule is Cl.O=C(O)C1CCc2cnc(-c3ccc(F)cc3)n2C1. The van der Waals surface area contributed by atoms with Crippen LogP contribution in [0.25, 0.3) is 11.4 Å². The number of hydrogen-bond donors (Lipinski definition) is 1. The van der Waals surface area contributed by atoms with Crippen molar-refractivity contribution in [1.29, 1.82) is 0 Å². The van der Waals surface area contributed by atoms with Crippen molar-refractivity contribution in [3.63, 3.8) is 0 Å². The van der Waals surface area contributed by atoms with E-state index in [0.717, 1.165) is 11.3 Å². The van der Waals surface area contributed by atoms with Crippen molar-refractivity contribution in [2.45, 2.75) is 19.4 Å². The zero-order chi connectivity index (χ0) is 13.4. The number of rotatable bonds is 2. The van der Waals surface area contributed by atoms with Crippen molar-refractivity contribution in [1.82, 2.24) is 9.55 Å². The van der Waals surface area contributed by atoms with Crippen molar-refractivity contribution in [3.05, 3.63) is 42.0 Å². The molecule has 0 amide bonds. The lowest BCUT2D eigenvalue weighted by atomic mass is 9.98. The number of fused-ring (bicyclic) bond motifs is 1. The molecule has 0 aliphatic carbocycles. The fourth-order valence-corrected chi connectivity index (χ4v) is 2.48. The van der Waals surface area contributed by atoms with Crippen LogP contribution in [0.1, 0.15) is 12.1 Å². The minimum atomic E-state index is -0.774. The van der Waals surface area contributed by atoms with E-state index >= 15 is 0 Å². The van der Waals surface area contributed by atoms with Crippen LogP contribution in [0.5, 0.6) is 0 Å². The lowest BCUT2D eigenvalue weighted by Gasteiger charge is -2.22. The van der Waals surface area contributed by atoms with E-state index in [4.69, 9.17) is 5.11 Å². The van der Waals surface area contributed by atoms with Gasteiger partial charge in [-0.15, -0.1) is 12.4 Å². The molecule has 1 atom stereocenters. The number of imidazole rings is 1. The summed E-state index contributed by atoms with van der Waals surface area (Å²) in [7, 11) is 0. The number of aliphatic carboxylic acids is 1. The summed E-state index contributed by atoms with van der Waals surface area (Å²) in [4.78, 5) is 15.4. The molecule has 2 heterocycles. The Morgan fingerprint density at radius 1 is 1.35 bits per heavy atom. The molecule has 0 saturated heterocycles. The molecule has 6 heteroatoms. The minimum Gasteiger partial charge on any atom is -0.481 e. The predicted octanol–water partition coefficient (Wildman–Crippen LogP) is 2.76. The fourth-order valence-electron chi connectivity index (χ4n) is 2.48. The second-order valence-electron chi connectivity index (χ2n) is 4.76. The number of halogens is 2. The standard InChI is InChI=1S/C14H13FN2O2.ClH/c15-11-4-1-9(2-5-11)13-16-7-12-6-3-10(14(18)19)8-17(12)13;/h1-2,4-5,7,10H,3,6,8H2,(H,18,19);1H. The summed E-state index contributed by atoms with van der Waals surface area (Å²) < 4.78 is 14.9. The molecule has 4 nitrogen and oxygen atoms in total. The fraction of sp³-hybridized carbons (Fsp3) is 0.286. The molecule has 0 bridgehead atoms. The number of hydrogen-bond acceptors (Lipinski definition) is 2. The van der Waals surface area contributed by atoms with Gasteiger partial charge in [-0.1, -0.05) is 0 Å². The second-order valence-corrected chi connectivity index (χ2v) is 4.76. The Kier molecular flexibility index (Phi) is 4.09. The summed E-state index contributed by atoms with van der Waals surface area (Å²) in [5.41, 5.74) is 1.84. The smallest absolute Gasteiger partial charge is 0.308 e. The summed E-state index contributed by atoms with van der Waals surface area (Å²) in [6, 6.07) is 6.09. The molecule has 0 saturated carbocycles. The van der Waals surface area contributed by atoms with E-state index in [1.165, 1.54) is 12.1 Å². The van der Waals surface area contributed by atoms with Gasteiger partial charge in [0.15, 0.2) is 0 Å². The maximum absolute atomic E-state index is 12.9. The predicted molar refractivity (Wildman–Crippen MR) is 74.3 cm³/mol. The number of carbonyl (C=O) groups is 1. The molecule has 20 heavy (non-hydrogen) atoms. The summed E-state index contributed by atoms with van der Waals surface area (Å²) in [5.74, 6) is -0.733. The van der Waals surface area contributed by atoms with E-state index in [9.17, 15) is 9.18 Å². The van der Waals surface area contributed by atoms with E-state index < -0.39 is 5.97 Å². The minimum absolute atomic E-state index is 0. The maximum Gasteiger partial charge on any atom is 0.308 e. The highest BCUT2D eigenvalue weighted by molar-refractivity contribution is 5.85. The lowest BCUT2D eigenvalue weighted by Crippen LogP contribution is -2.26. The third-order valence-corrected chi connectivity index (χ3v) is 3.54. The van der Waals surface area contributed by atoms with Gasteiger partial charge in [0.25, 0.3) is 0 Å². The molecule has 1 aromatic carbocycles. The van der Waals surface area contributed by atoms with Gasteiger partial charge in [-0.05, 0) is 37.1 Å². The van der Waals surface area contributed by atoms with Crippen LogP contribution in [-0.4, -0.2) is 20.6 Å². The zero-order valence-electron chi connectivity index (χ0n) is 10.6. The molecule has 1 aromatic heterocycles. The molecule has 106 valence electrons. The highest BCUT2D eigenvalue weighted by Gasteiger charge is 2.26. The quantitative estimate of drug-likeness (QED) is 0.927. The largest absolute Gasteiger partial charge is 0.481 e. The molecule has 0 spiro atoms. The monoisotopic (exact) mass is 296 g/mol. The lowest BCUT2D eigenvalue weighted by molar-refractivity contribution is -0.142. The normalized spacial score (nSPS) is 17.1. The van der Waals surface area contributed by atoms with Gasteiger partial charge in [0.1, 0.15) is 11.6 Å². The molecule has 2 aromatic rings. The Hall–Kier alpha value is -1.88. The number of aryl methyl sites for hydroxylation is 1. The molecule has 3 rings (SSSR count). The Balaban J connectivity index is 0.00000147. The highest BCUT2D eigenvalue weighted by atomic mass is 35.5. The first-order chi connectivity index (χ1) is 9.15. The van der Waals surface area contributed by atoms with E-state index in [1.807, 2.05) is 4.57 Å². The average molecular weight is 297 g/mol. The molecule has 1 unspecified atom stereocenters. The third-order valence-electron chi connectivity index (χ3n) is 3.54. The van der Waals surface area contributed by atoms with Gasteiger partial charge in [-0.25, -0.2) is 9.37 Å². The molecule has 0 fully saturated rings. The van der Waals surface area contributed by atoms with E-state index in [1.54, 1.807) is 18.3 Å². The third kappa shape index (κ3) is 2.54. The van der Waals surface area contributed by atoms with E-state index in [0.29, 0.717) is 25.2 Å².